The molecule has 1 unspecified atom stereocenters. The number of aliphatic carboxylic acids is 1. The van der Waals surface area contributed by atoms with Gasteiger partial charge in [0, 0.05) is 13.5 Å². The minimum atomic E-state index is -1.42. The number of hydrogen-bond donors (Lipinski definition) is 2. The summed E-state index contributed by atoms with van der Waals surface area (Å²) < 4.78 is 4.84. The van der Waals surface area contributed by atoms with E-state index >= 15 is 0 Å². The molecule has 0 aromatic heterocycles. The van der Waals surface area contributed by atoms with E-state index in [4.69, 9.17) is 33.0 Å². The maximum Gasteiger partial charge on any atom is 0.331 e. The third kappa shape index (κ3) is 5.48. The van der Waals surface area contributed by atoms with E-state index in [0.717, 1.165) is 5.56 Å². The van der Waals surface area contributed by atoms with Crippen LogP contribution < -0.4 is 5.32 Å². The Bertz CT molecular complexity index is 550. The van der Waals surface area contributed by atoms with Crippen LogP contribution in [-0.2, 0) is 20.7 Å². The summed E-state index contributed by atoms with van der Waals surface area (Å²) in [6.07, 6.45) is 1.44. The topological polar surface area (TPSA) is 75.6 Å². The molecule has 1 aromatic carbocycles. The van der Waals surface area contributed by atoms with Crippen molar-refractivity contribution < 1.29 is 19.4 Å². The van der Waals surface area contributed by atoms with Gasteiger partial charge >= 0.3 is 5.97 Å². The monoisotopic (exact) mass is 347 g/mol. The molecule has 122 valence electrons. The lowest BCUT2D eigenvalue weighted by atomic mass is 10.0. The maximum atomic E-state index is 11.9. The SMILES string of the molecule is COCC(C)(NC(=O)CCCc1ccc(Cl)c(Cl)c1)C(=O)O. The molecule has 0 aliphatic carbocycles. The quantitative estimate of drug-likeness (QED) is 0.757. The second-order valence-corrected chi connectivity index (χ2v) is 6.03. The number of methoxy groups -OCH3 is 1. The molecule has 5 nitrogen and oxygen atoms in total. The number of carbonyl (C=O) groups excluding carboxylic acids is 1. The summed E-state index contributed by atoms with van der Waals surface area (Å²) in [4.78, 5) is 23.1. The van der Waals surface area contributed by atoms with Gasteiger partial charge in [0.25, 0.3) is 0 Å². The predicted molar refractivity (Wildman–Crippen MR) is 85.5 cm³/mol. The van der Waals surface area contributed by atoms with E-state index in [0.29, 0.717) is 22.9 Å². The highest BCUT2D eigenvalue weighted by Crippen LogP contribution is 2.23. The molecule has 1 amide bonds. The third-order valence-electron chi connectivity index (χ3n) is 3.17. The van der Waals surface area contributed by atoms with Gasteiger partial charge in [0.15, 0.2) is 5.54 Å². The minimum absolute atomic E-state index is 0.0964. The summed E-state index contributed by atoms with van der Waals surface area (Å²) in [7, 11) is 1.39. The summed E-state index contributed by atoms with van der Waals surface area (Å²) in [6, 6.07) is 5.31. The zero-order valence-electron chi connectivity index (χ0n) is 12.5. The van der Waals surface area contributed by atoms with E-state index < -0.39 is 11.5 Å². The number of rotatable bonds is 8. The van der Waals surface area contributed by atoms with Crippen LogP contribution in [0.1, 0.15) is 25.3 Å². The number of aryl methyl sites for hydroxylation is 1. The van der Waals surface area contributed by atoms with Gasteiger partial charge in [-0.2, -0.15) is 0 Å². The van der Waals surface area contributed by atoms with Gasteiger partial charge in [-0.3, -0.25) is 4.79 Å². The van der Waals surface area contributed by atoms with E-state index in [9.17, 15) is 9.59 Å². The number of carbonyl (C=O) groups is 2. The summed E-state index contributed by atoms with van der Waals surface area (Å²) in [5.74, 6) is -1.46. The molecule has 0 saturated carbocycles. The first kappa shape index (κ1) is 18.7. The Kier molecular flexibility index (Phi) is 7.13. The van der Waals surface area contributed by atoms with Crippen LogP contribution in [0.5, 0.6) is 0 Å². The molecule has 7 heteroatoms. The van der Waals surface area contributed by atoms with E-state index in [2.05, 4.69) is 5.32 Å². The number of ether oxygens (including phenoxy) is 1. The van der Waals surface area contributed by atoms with Crippen LogP contribution in [0.25, 0.3) is 0 Å². The Morgan fingerprint density at radius 2 is 2.00 bits per heavy atom. The summed E-state index contributed by atoms with van der Waals surface area (Å²) in [5, 5.41) is 12.6. The van der Waals surface area contributed by atoms with E-state index in [1.807, 2.05) is 6.07 Å². The molecule has 2 N–H and O–H groups in total. The lowest BCUT2D eigenvalue weighted by molar-refractivity contribution is -0.149. The molecule has 0 saturated heterocycles. The molecule has 0 heterocycles. The van der Waals surface area contributed by atoms with Crippen LogP contribution in [0.2, 0.25) is 10.0 Å². The average molecular weight is 348 g/mol. The number of nitrogens with one attached hydrogen (secondary N) is 1. The fraction of sp³-hybridized carbons (Fsp3) is 0.467. The number of carboxylic acid groups (broad SMARTS) is 1. The van der Waals surface area contributed by atoms with Crippen molar-refractivity contribution >= 4 is 35.1 Å². The highest BCUT2D eigenvalue weighted by molar-refractivity contribution is 6.42. The van der Waals surface area contributed by atoms with Crippen LogP contribution >= 0.6 is 23.2 Å². The van der Waals surface area contributed by atoms with Gasteiger partial charge in [-0.1, -0.05) is 29.3 Å². The standard InChI is InChI=1S/C15H19Cl2NO4/c1-15(9-22-2,14(20)21)18-13(19)5-3-4-10-6-7-11(16)12(17)8-10/h6-8H,3-5,9H2,1-2H3,(H,18,19)(H,20,21). The molecule has 0 spiro atoms. The van der Waals surface area contributed by atoms with Gasteiger partial charge in [0.1, 0.15) is 0 Å². The molecular formula is C15H19Cl2NO4. The molecule has 0 aliphatic rings. The average Bonchev–Trinajstić information content (AvgIpc) is 2.42. The van der Waals surface area contributed by atoms with Crippen LogP contribution in [0.3, 0.4) is 0 Å². The summed E-state index contributed by atoms with van der Waals surface area (Å²) in [6.45, 7) is 1.32. The fourth-order valence-electron chi connectivity index (χ4n) is 1.96. The normalized spacial score (nSPS) is 13.5. The van der Waals surface area contributed by atoms with Gasteiger partial charge in [0.2, 0.25) is 5.91 Å². The zero-order valence-corrected chi connectivity index (χ0v) is 14.0. The number of amides is 1. The first-order valence-electron chi connectivity index (χ1n) is 6.76. The van der Waals surface area contributed by atoms with Crippen molar-refractivity contribution in [3.05, 3.63) is 33.8 Å². The van der Waals surface area contributed by atoms with Gasteiger partial charge in [0.05, 0.1) is 16.7 Å². The Balaban J connectivity index is 2.48. The van der Waals surface area contributed by atoms with Crippen molar-refractivity contribution in [1.29, 1.82) is 0 Å². The van der Waals surface area contributed by atoms with Crippen LogP contribution in [0.4, 0.5) is 0 Å². The molecule has 1 rings (SSSR count). The third-order valence-corrected chi connectivity index (χ3v) is 3.91. The molecular weight excluding hydrogens is 329 g/mol. The molecule has 0 radical (unpaired) electrons. The van der Waals surface area contributed by atoms with E-state index in [-0.39, 0.29) is 18.9 Å². The van der Waals surface area contributed by atoms with Crippen LogP contribution in [0, 0.1) is 0 Å². The largest absolute Gasteiger partial charge is 0.479 e. The van der Waals surface area contributed by atoms with E-state index in [1.54, 1.807) is 12.1 Å². The second kappa shape index (κ2) is 8.36. The van der Waals surface area contributed by atoms with Gasteiger partial charge in [-0.15, -0.1) is 0 Å². The zero-order chi connectivity index (χ0) is 16.8. The molecule has 0 fully saturated rings. The van der Waals surface area contributed by atoms with Crippen molar-refractivity contribution in [2.24, 2.45) is 0 Å². The first-order valence-corrected chi connectivity index (χ1v) is 7.51. The molecule has 22 heavy (non-hydrogen) atoms. The van der Waals surface area contributed by atoms with E-state index in [1.165, 1.54) is 14.0 Å². The number of carboxylic acids is 1. The minimum Gasteiger partial charge on any atom is -0.479 e. The van der Waals surface area contributed by atoms with Gasteiger partial charge in [-0.05, 0) is 37.5 Å². The van der Waals surface area contributed by atoms with Gasteiger partial charge < -0.3 is 15.2 Å². The van der Waals surface area contributed by atoms with Crippen LogP contribution in [-0.4, -0.2) is 36.2 Å². The lowest BCUT2D eigenvalue weighted by Crippen LogP contribution is -2.55. The van der Waals surface area contributed by atoms with Crippen LogP contribution in [0.15, 0.2) is 18.2 Å². The van der Waals surface area contributed by atoms with Crippen molar-refractivity contribution in [3.63, 3.8) is 0 Å². The predicted octanol–water partition coefficient (Wildman–Crippen LogP) is 2.92. The second-order valence-electron chi connectivity index (χ2n) is 5.22. The highest BCUT2D eigenvalue weighted by Gasteiger charge is 2.34. The summed E-state index contributed by atoms with van der Waals surface area (Å²) in [5.41, 5.74) is -0.449. The van der Waals surface area contributed by atoms with Crippen molar-refractivity contribution in [2.75, 3.05) is 13.7 Å². The maximum absolute atomic E-state index is 11.9. The number of hydrogen-bond acceptors (Lipinski definition) is 3. The smallest absolute Gasteiger partial charge is 0.331 e. The van der Waals surface area contributed by atoms with Crippen molar-refractivity contribution in [3.8, 4) is 0 Å². The fourth-order valence-corrected chi connectivity index (χ4v) is 2.28. The Morgan fingerprint density at radius 3 is 2.55 bits per heavy atom. The lowest BCUT2D eigenvalue weighted by Gasteiger charge is -2.25. The Morgan fingerprint density at radius 1 is 1.32 bits per heavy atom. The molecule has 0 bridgehead atoms. The number of benzene rings is 1. The first-order chi connectivity index (χ1) is 10.3. The molecule has 0 aliphatic heterocycles. The summed E-state index contributed by atoms with van der Waals surface area (Å²) >= 11 is 11.8. The Hall–Kier alpha value is -1.30. The Labute approximate surface area is 139 Å². The van der Waals surface area contributed by atoms with Gasteiger partial charge in [-0.25, -0.2) is 4.79 Å². The van der Waals surface area contributed by atoms with Crippen molar-refractivity contribution in [1.82, 2.24) is 5.32 Å². The molecule has 1 aromatic rings. The number of halogens is 2. The van der Waals surface area contributed by atoms with Crippen molar-refractivity contribution in [2.45, 2.75) is 31.7 Å². The highest BCUT2D eigenvalue weighted by atomic mass is 35.5. The molecule has 1 atom stereocenters.